The number of hydrogen-bond donors (Lipinski definition) is 0. The molecule has 0 saturated carbocycles. The summed E-state index contributed by atoms with van der Waals surface area (Å²) in [4.78, 5) is 13.5. The molecule has 1 aliphatic heterocycles. The van der Waals surface area contributed by atoms with E-state index in [-0.39, 0.29) is 15.8 Å². The normalized spacial score (nSPS) is 15.2. The average Bonchev–Trinajstić information content (AvgIpc) is 3.05. The number of carbonyl (C=O) groups excluding carboxylic acids is 1. The number of rotatable bonds is 5. The SMILES string of the molecule is O=C(Oc1cn(S(=O)(=O)c2ccccc2)c2cccc(CN3CCC3)c12)C(F)(F)F. The lowest BCUT2D eigenvalue weighted by Crippen LogP contribution is -2.36. The number of esters is 1. The van der Waals surface area contributed by atoms with Crippen LogP contribution < -0.4 is 4.74 Å². The molecular formula is C20H17F3N2O4S. The van der Waals surface area contributed by atoms with Gasteiger partial charge in [-0.15, -0.1) is 0 Å². The summed E-state index contributed by atoms with van der Waals surface area (Å²) in [7, 11) is -4.12. The Kier molecular flexibility index (Phi) is 5.07. The third-order valence-corrected chi connectivity index (χ3v) is 6.61. The van der Waals surface area contributed by atoms with Crippen LogP contribution in [0.4, 0.5) is 13.2 Å². The molecule has 0 spiro atoms. The molecule has 2 aromatic carbocycles. The van der Waals surface area contributed by atoms with E-state index in [9.17, 15) is 26.4 Å². The molecule has 6 nitrogen and oxygen atoms in total. The van der Waals surface area contributed by atoms with Crippen LogP contribution >= 0.6 is 0 Å². The molecule has 0 radical (unpaired) electrons. The zero-order chi connectivity index (χ0) is 21.5. The first-order chi connectivity index (χ1) is 14.2. The first-order valence-electron chi connectivity index (χ1n) is 9.13. The molecule has 3 aromatic rings. The van der Waals surface area contributed by atoms with Gasteiger partial charge in [-0.2, -0.15) is 13.2 Å². The van der Waals surface area contributed by atoms with Gasteiger partial charge in [-0.25, -0.2) is 17.2 Å². The molecule has 4 rings (SSSR count). The van der Waals surface area contributed by atoms with E-state index in [0.717, 1.165) is 29.7 Å². The molecule has 1 aliphatic rings. The standard InChI is InChI=1S/C20H17F3N2O4S/c21-20(22,23)19(26)29-17-13-25(30(27,28)15-7-2-1-3-8-15)16-9-4-6-14(18(16)17)12-24-10-5-11-24/h1-4,6-9,13H,5,10-12H2. The van der Waals surface area contributed by atoms with Crippen molar-refractivity contribution >= 4 is 26.9 Å². The monoisotopic (exact) mass is 438 g/mol. The highest BCUT2D eigenvalue weighted by Gasteiger charge is 2.42. The Labute approximate surface area is 170 Å². The Morgan fingerprint density at radius 1 is 1.03 bits per heavy atom. The fraction of sp³-hybridized carbons (Fsp3) is 0.250. The number of halogens is 3. The number of hydrogen-bond acceptors (Lipinski definition) is 5. The number of likely N-dealkylation sites (tertiary alicyclic amines) is 1. The molecule has 0 unspecified atom stereocenters. The quantitative estimate of drug-likeness (QED) is 0.570. The summed E-state index contributed by atoms with van der Waals surface area (Å²) < 4.78 is 70.2. The zero-order valence-corrected chi connectivity index (χ0v) is 16.4. The lowest BCUT2D eigenvalue weighted by Gasteiger charge is -2.30. The van der Waals surface area contributed by atoms with Gasteiger partial charge in [0.2, 0.25) is 0 Å². The zero-order valence-electron chi connectivity index (χ0n) is 15.6. The van der Waals surface area contributed by atoms with Gasteiger partial charge in [-0.1, -0.05) is 30.3 Å². The molecule has 1 saturated heterocycles. The van der Waals surface area contributed by atoms with E-state index in [1.54, 1.807) is 30.3 Å². The maximum absolute atomic E-state index is 13.1. The Balaban J connectivity index is 1.89. The van der Waals surface area contributed by atoms with Gasteiger partial charge in [0.15, 0.2) is 5.75 Å². The first kappa shape index (κ1) is 20.4. The number of aromatic nitrogens is 1. The van der Waals surface area contributed by atoms with Gasteiger partial charge < -0.3 is 4.74 Å². The van der Waals surface area contributed by atoms with Gasteiger partial charge in [0.25, 0.3) is 10.0 Å². The van der Waals surface area contributed by atoms with Crippen molar-refractivity contribution < 1.29 is 31.1 Å². The predicted molar refractivity (Wildman–Crippen MR) is 103 cm³/mol. The summed E-state index contributed by atoms with van der Waals surface area (Å²) in [5.74, 6) is -2.85. The summed E-state index contributed by atoms with van der Waals surface area (Å²) in [6, 6.07) is 12.3. The maximum Gasteiger partial charge on any atom is 0.491 e. The van der Waals surface area contributed by atoms with Crippen LogP contribution in [0.3, 0.4) is 0 Å². The van der Waals surface area contributed by atoms with Crippen molar-refractivity contribution in [3.05, 3.63) is 60.3 Å². The van der Waals surface area contributed by atoms with E-state index < -0.39 is 27.9 Å². The van der Waals surface area contributed by atoms with Crippen molar-refractivity contribution in [1.29, 1.82) is 0 Å². The number of nitrogens with zero attached hydrogens (tertiary/aromatic N) is 2. The van der Waals surface area contributed by atoms with Crippen molar-refractivity contribution in [3.8, 4) is 5.75 Å². The van der Waals surface area contributed by atoms with Crippen LogP contribution in [0.25, 0.3) is 10.9 Å². The summed E-state index contributed by atoms with van der Waals surface area (Å²) in [6.45, 7) is 2.07. The number of fused-ring (bicyclic) bond motifs is 1. The van der Waals surface area contributed by atoms with Gasteiger partial charge in [0, 0.05) is 11.9 Å². The second kappa shape index (κ2) is 7.44. The molecule has 2 heterocycles. The highest BCUT2D eigenvalue weighted by molar-refractivity contribution is 7.90. The molecule has 0 amide bonds. The third kappa shape index (κ3) is 3.68. The van der Waals surface area contributed by atoms with Crippen LogP contribution in [0.5, 0.6) is 5.75 Å². The van der Waals surface area contributed by atoms with Crippen LogP contribution in [-0.4, -0.2) is 42.5 Å². The molecule has 1 aromatic heterocycles. The minimum absolute atomic E-state index is 0.0382. The predicted octanol–water partition coefficient (Wildman–Crippen LogP) is 3.55. The van der Waals surface area contributed by atoms with Crippen LogP contribution in [-0.2, 0) is 21.4 Å². The van der Waals surface area contributed by atoms with Gasteiger partial charge in [0.1, 0.15) is 0 Å². The van der Waals surface area contributed by atoms with E-state index in [1.165, 1.54) is 18.2 Å². The molecule has 0 atom stereocenters. The van der Waals surface area contributed by atoms with E-state index in [1.807, 2.05) is 0 Å². The van der Waals surface area contributed by atoms with E-state index in [2.05, 4.69) is 9.64 Å². The van der Waals surface area contributed by atoms with E-state index in [0.29, 0.717) is 12.1 Å². The summed E-state index contributed by atoms with van der Waals surface area (Å²) >= 11 is 0. The maximum atomic E-state index is 13.1. The first-order valence-corrected chi connectivity index (χ1v) is 10.6. The molecule has 10 heteroatoms. The van der Waals surface area contributed by atoms with E-state index in [4.69, 9.17) is 0 Å². The van der Waals surface area contributed by atoms with Crippen LogP contribution in [0.15, 0.2) is 59.6 Å². The van der Waals surface area contributed by atoms with Gasteiger partial charge in [0.05, 0.1) is 16.6 Å². The largest absolute Gasteiger partial charge is 0.491 e. The molecule has 1 fully saturated rings. The summed E-state index contributed by atoms with van der Waals surface area (Å²) in [5.41, 5.74) is 0.723. The van der Waals surface area contributed by atoms with Gasteiger partial charge >= 0.3 is 12.1 Å². The van der Waals surface area contributed by atoms with Crippen molar-refractivity contribution in [2.75, 3.05) is 13.1 Å². The van der Waals surface area contributed by atoms with Crippen LogP contribution in [0.2, 0.25) is 0 Å². The van der Waals surface area contributed by atoms with E-state index >= 15 is 0 Å². The molecule has 0 aliphatic carbocycles. The summed E-state index contributed by atoms with van der Waals surface area (Å²) in [5, 5.41) is 0.168. The second-order valence-corrected chi connectivity index (χ2v) is 8.75. The van der Waals surface area contributed by atoms with Crippen molar-refractivity contribution in [3.63, 3.8) is 0 Å². The number of alkyl halides is 3. The Hall–Kier alpha value is -2.85. The Morgan fingerprint density at radius 3 is 2.33 bits per heavy atom. The highest BCUT2D eigenvalue weighted by atomic mass is 32.2. The Morgan fingerprint density at radius 2 is 1.73 bits per heavy atom. The van der Waals surface area contributed by atoms with Gasteiger partial charge in [-0.05, 0) is 43.3 Å². The van der Waals surface area contributed by atoms with Crippen LogP contribution in [0, 0.1) is 0 Å². The van der Waals surface area contributed by atoms with Gasteiger partial charge in [-0.3, -0.25) is 4.90 Å². The average molecular weight is 438 g/mol. The third-order valence-electron chi connectivity index (χ3n) is 4.92. The molecule has 0 bridgehead atoms. The molecule has 30 heavy (non-hydrogen) atoms. The minimum atomic E-state index is -5.21. The molecule has 158 valence electrons. The Bertz CT molecular complexity index is 1200. The molecule has 0 N–H and O–H groups in total. The van der Waals surface area contributed by atoms with Crippen molar-refractivity contribution in [2.24, 2.45) is 0 Å². The van der Waals surface area contributed by atoms with Crippen LogP contribution in [0.1, 0.15) is 12.0 Å². The summed E-state index contributed by atoms with van der Waals surface area (Å²) in [6.07, 6.45) is -3.27. The van der Waals surface area contributed by atoms with Crippen molar-refractivity contribution in [2.45, 2.75) is 24.0 Å². The fourth-order valence-electron chi connectivity index (χ4n) is 3.35. The molecular weight excluding hydrogens is 421 g/mol. The number of carbonyl (C=O) groups is 1. The fourth-order valence-corrected chi connectivity index (χ4v) is 4.72. The second-order valence-electron chi connectivity index (χ2n) is 6.94. The lowest BCUT2D eigenvalue weighted by molar-refractivity contribution is -0.189. The topological polar surface area (TPSA) is 68.6 Å². The smallest absolute Gasteiger partial charge is 0.418 e. The number of benzene rings is 2. The lowest BCUT2D eigenvalue weighted by atomic mass is 10.1. The minimum Gasteiger partial charge on any atom is -0.418 e. The highest BCUT2D eigenvalue weighted by Crippen LogP contribution is 2.36. The van der Waals surface area contributed by atoms with Crippen molar-refractivity contribution in [1.82, 2.24) is 8.87 Å². The number of ether oxygens (including phenoxy) is 1.